The minimum atomic E-state index is -1.97. The largest absolute Gasteiger partial charge is 0.394 e. The Hall–Kier alpha value is -1.47. The van der Waals surface area contributed by atoms with Crippen molar-refractivity contribution in [3.8, 4) is 0 Å². The van der Waals surface area contributed by atoms with Crippen LogP contribution in [-0.4, -0.2) is 193 Å². The smallest absolute Gasteiger partial charge is 0.220 e. The summed E-state index contributed by atoms with van der Waals surface area (Å²) >= 11 is 0. The van der Waals surface area contributed by atoms with Gasteiger partial charge in [0.2, 0.25) is 5.91 Å². The molecule has 3 heterocycles. The number of carbonyl (C=O) groups excluding carboxylic acids is 1. The van der Waals surface area contributed by atoms with E-state index in [1.54, 1.807) is 0 Å². The molecule has 1 amide bonds. The molecule has 0 radical (unpaired) electrons. The van der Waals surface area contributed by atoms with Crippen LogP contribution >= 0.6 is 0 Å². The number of ether oxygens (including phenoxy) is 6. The second-order valence-electron chi connectivity index (χ2n) is 28.2. The Labute approximate surface area is 569 Å². The number of hydrogen-bond acceptors (Lipinski definition) is 18. The Bertz CT molecular complexity index is 1750. The predicted octanol–water partition coefficient (Wildman–Crippen LogP) is 12.0. The SMILES string of the molecule is CCCCCCCCCC/C=C\CCCCCCCCCCCCCCCCCC(=O)NC(COC1OC(CO)C(OC2OC(CO)C(OC3OC(CO)C(O)C(O)C3O)C(O)C2O)C(O)C1O)C(O)CCCCCCCCCCCCCCCCCCCCCCCC. The molecule has 0 spiro atoms. The first-order valence-electron chi connectivity index (χ1n) is 38.9. The van der Waals surface area contributed by atoms with Gasteiger partial charge in [0.15, 0.2) is 18.9 Å². The average molecular weight is 1350 g/mol. The fraction of sp³-hybridized carbons (Fsp3) is 0.960. The monoisotopic (exact) mass is 1350 g/mol. The molecule has 12 N–H and O–H groups in total. The van der Waals surface area contributed by atoms with Crippen LogP contribution in [0.5, 0.6) is 0 Å². The molecular weight excluding hydrogens is 1200 g/mol. The highest BCUT2D eigenvalue weighted by Crippen LogP contribution is 2.33. The minimum Gasteiger partial charge on any atom is -0.394 e. The van der Waals surface area contributed by atoms with Gasteiger partial charge in [0.25, 0.3) is 0 Å². The van der Waals surface area contributed by atoms with E-state index in [1.807, 2.05) is 0 Å². The van der Waals surface area contributed by atoms with Gasteiger partial charge in [-0.2, -0.15) is 0 Å². The number of aliphatic hydroxyl groups excluding tert-OH is 11. The molecule has 0 aromatic rings. The summed E-state index contributed by atoms with van der Waals surface area (Å²) in [6.07, 6.45) is 38.6. The molecule has 19 heteroatoms. The Morgan fingerprint density at radius 1 is 0.372 bits per heavy atom. The zero-order valence-corrected chi connectivity index (χ0v) is 59.2. The van der Waals surface area contributed by atoms with Crippen molar-refractivity contribution in [2.45, 2.75) is 433 Å². The van der Waals surface area contributed by atoms with E-state index < -0.39 is 124 Å². The van der Waals surface area contributed by atoms with Crippen molar-refractivity contribution >= 4 is 5.91 Å². The van der Waals surface area contributed by atoms with Crippen molar-refractivity contribution in [1.82, 2.24) is 5.32 Å². The van der Waals surface area contributed by atoms with Gasteiger partial charge in [-0.3, -0.25) is 4.79 Å². The Balaban J connectivity index is 1.38. The van der Waals surface area contributed by atoms with Gasteiger partial charge in [-0.15, -0.1) is 0 Å². The maximum absolute atomic E-state index is 13.5. The lowest BCUT2D eigenvalue weighted by Crippen LogP contribution is -2.66. The van der Waals surface area contributed by atoms with Crippen LogP contribution in [0.4, 0.5) is 0 Å². The third-order valence-corrected chi connectivity index (χ3v) is 19.8. The molecule has 3 aliphatic heterocycles. The van der Waals surface area contributed by atoms with E-state index >= 15 is 0 Å². The third kappa shape index (κ3) is 37.8. The first-order valence-corrected chi connectivity index (χ1v) is 38.9. The van der Waals surface area contributed by atoms with E-state index in [1.165, 1.54) is 250 Å². The number of carbonyl (C=O) groups is 1. The second-order valence-corrected chi connectivity index (χ2v) is 28.2. The average Bonchev–Trinajstić information content (AvgIpc) is 0.787. The van der Waals surface area contributed by atoms with Crippen LogP contribution in [0.3, 0.4) is 0 Å². The summed E-state index contributed by atoms with van der Waals surface area (Å²) in [5.74, 6) is -0.236. The summed E-state index contributed by atoms with van der Waals surface area (Å²) in [5.41, 5.74) is 0. The van der Waals surface area contributed by atoms with Crippen molar-refractivity contribution in [3.05, 3.63) is 12.2 Å². The Morgan fingerprint density at radius 2 is 0.670 bits per heavy atom. The lowest BCUT2D eigenvalue weighted by atomic mass is 9.96. The van der Waals surface area contributed by atoms with Crippen LogP contribution in [-0.2, 0) is 33.2 Å². The van der Waals surface area contributed by atoms with E-state index in [-0.39, 0.29) is 18.9 Å². The number of hydrogen-bond donors (Lipinski definition) is 12. The molecule has 17 atom stereocenters. The number of unbranched alkanes of at least 4 members (excludes halogenated alkanes) is 44. The minimum absolute atomic E-state index is 0.236. The van der Waals surface area contributed by atoms with Gasteiger partial charge in [0, 0.05) is 6.42 Å². The molecular formula is C75H143NO18. The second kappa shape index (κ2) is 57.2. The summed E-state index contributed by atoms with van der Waals surface area (Å²) in [4.78, 5) is 13.5. The van der Waals surface area contributed by atoms with E-state index in [2.05, 4.69) is 31.3 Å². The molecule has 0 bridgehead atoms. The van der Waals surface area contributed by atoms with E-state index in [9.17, 15) is 61.0 Å². The molecule has 0 aromatic heterocycles. The predicted molar refractivity (Wildman–Crippen MR) is 370 cm³/mol. The van der Waals surface area contributed by atoms with Crippen molar-refractivity contribution in [1.29, 1.82) is 0 Å². The highest BCUT2D eigenvalue weighted by molar-refractivity contribution is 5.76. The molecule has 3 aliphatic rings. The molecule has 19 nitrogen and oxygen atoms in total. The lowest BCUT2D eigenvalue weighted by molar-refractivity contribution is -0.379. The summed E-state index contributed by atoms with van der Waals surface area (Å²) in [6, 6.07) is -0.885. The van der Waals surface area contributed by atoms with E-state index in [0.717, 1.165) is 44.9 Å². The van der Waals surface area contributed by atoms with Crippen LogP contribution in [0.25, 0.3) is 0 Å². The van der Waals surface area contributed by atoms with Gasteiger partial charge in [-0.05, 0) is 38.5 Å². The van der Waals surface area contributed by atoms with Crippen LogP contribution in [0.2, 0.25) is 0 Å². The van der Waals surface area contributed by atoms with Gasteiger partial charge < -0.3 is 89.9 Å². The maximum Gasteiger partial charge on any atom is 0.220 e. The van der Waals surface area contributed by atoms with Crippen LogP contribution in [0.1, 0.15) is 328 Å². The van der Waals surface area contributed by atoms with Crippen molar-refractivity contribution in [3.63, 3.8) is 0 Å². The molecule has 3 saturated heterocycles. The summed E-state index contributed by atoms with van der Waals surface area (Å²) < 4.78 is 34.5. The first-order chi connectivity index (χ1) is 45.8. The van der Waals surface area contributed by atoms with Gasteiger partial charge in [-0.1, -0.05) is 296 Å². The third-order valence-electron chi connectivity index (χ3n) is 19.8. The molecule has 556 valence electrons. The number of rotatable bonds is 62. The molecule has 3 fully saturated rings. The Morgan fingerprint density at radius 3 is 1.03 bits per heavy atom. The molecule has 94 heavy (non-hydrogen) atoms. The normalized spacial score (nSPS) is 27.4. The topological polar surface area (TPSA) is 307 Å². The molecule has 3 rings (SSSR count). The zero-order valence-electron chi connectivity index (χ0n) is 59.2. The number of aliphatic hydroxyl groups is 11. The lowest BCUT2D eigenvalue weighted by Gasteiger charge is -2.48. The van der Waals surface area contributed by atoms with E-state index in [0.29, 0.717) is 12.8 Å². The summed E-state index contributed by atoms with van der Waals surface area (Å²) in [5, 5.41) is 121. The standard InChI is InChI=1S/C75H143NO18/c1-3-5-7-9-11-13-15-17-19-21-23-25-27-28-29-30-31-33-35-37-39-41-43-45-47-49-51-53-63(81)76-58(59(80)52-50-48-46-44-42-40-38-36-34-32-26-24-22-20-18-16-14-12-10-8-6-4-2)57-89-73-69(87)66(84)71(61(55-78)91-73)94-75-70(88)67(85)72(62(56-79)92-75)93-74-68(86)65(83)64(82)60(54-77)90-74/h21,23,58-62,64-75,77-80,82-88H,3-20,22,24-57H2,1-2H3,(H,76,81)/b23-21-. The fourth-order valence-electron chi connectivity index (χ4n) is 13.5. The van der Waals surface area contributed by atoms with E-state index in [4.69, 9.17) is 28.4 Å². The highest BCUT2D eigenvalue weighted by Gasteiger charge is 2.54. The Kier molecular flexibility index (Phi) is 52.8. The number of amides is 1. The first kappa shape index (κ1) is 86.8. The molecule has 0 saturated carbocycles. The highest BCUT2D eigenvalue weighted by atomic mass is 16.8. The summed E-state index contributed by atoms with van der Waals surface area (Å²) in [6.45, 7) is 1.86. The number of allylic oxidation sites excluding steroid dienone is 2. The maximum atomic E-state index is 13.5. The van der Waals surface area contributed by atoms with Crippen LogP contribution in [0, 0.1) is 0 Å². The van der Waals surface area contributed by atoms with Crippen molar-refractivity contribution < 1.29 is 89.4 Å². The van der Waals surface area contributed by atoms with Crippen molar-refractivity contribution in [2.75, 3.05) is 26.4 Å². The summed E-state index contributed by atoms with van der Waals surface area (Å²) in [7, 11) is 0. The van der Waals surface area contributed by atoms with Gasteiger partial charge in [0.05, 0.1) is 38.6 Å². The number of nitrogens with one attached hydrogen (secondary N) is 1. The van der Waals surface area contributed by atoms with Crippen LogP contribution in [0.15, 0.2) is 12.2 Å². The van der Waals surface area contributed by atoms with Crippen LogP contribution < -0.4 is 5.32 Å². The van der Waals surface area contributed by atoms with Gasteiger partial charge in [-0.25, -0.2) is 0 Å². The molecule has 0 aliphatic carbocycles. The zero-order chi connectivity index (χ0) is 68.2. The molecule has 17 unspecified atom stereocenters. The molecule has 0 aromatic carbocycles. The van der Waals surface area contributed by atoms with Gasteiger partial charge >= 0.3 is 0 Å². The fourth-order valence-corrected chi connectivity index (χ4v) is 13.5. The van der Waals surface area contributed by atoms with Gasteiger partial charge in [0.1, 0.15) is 73.2 Å². The quantitative estimate of drug-likeness (QED) is 0.0199. The van der Waals surface area contributed by atoms with Crippen molar-refractivity contribution in [2.24, 2.45) is 0 Å².